The molecule has 102 valence electrons. The number of carbonyl (C=O) groups is 1. The molecule has 5 nitrogen and oxygen atoms in total. The maximum Gasteiger partial charge on any atom is 0.374 e. The van der Waals surface area contributed by atoms with E-state index in [1.807, 2.05) is 18.2 Å². The van der Waals surface area contributed by atoms with Gasteiger partial charge in [-0.1, -0.05) is 12.1 Å². The molecule has 19 heavy (non-hydrogen) atoms. The first kappa shape index (κ1) is 13.7. The van der Waals surface area contributed by atoms with Gasteiger partial charge in [0, 0.05) is 31.6 Å². The Kier molecular flexibility index (Phi) is 3.97. The fourth-order valence-electron chi connectivity index (χ4n) is 2.38. The number of para-hydroxylation sites is 1. The number of furan rings is 1. The molecule has 1 fully saturated rings. The monoisotopic (exact) mass is 282 g/mol. The highest BCUT2D eigenvalue weighted by atomic mass is 35.5. The van der Waals surface area contributed by atoms with Gasteiger partial charge in [-0.05, 0) is 12.1 Å². The summed E-state index contributed by atoms with van der Waals surface area (Å²) < 4.78 is 5.45. The van der Waals surface area contributed by atoms with Gasteiger partial charge in [0.15, 0.2) is 0 Å². The third kappa shape index (κ3) is 2.39. The van der Waals surface area contributed by atoms with Crippen molar-refractivity contribution in [3.63, 3.8) is 0 Å². The Balaban J connectivity index is 0.00000133. The second-order valence-electron chi connectivity index (χ2n) is 4.32. The molecule has 1 aromatic carbocycles. The van der Waals surface area contributed by atoms with Gasteiger partial charge in [0.25, 0.3) is 0 Å². The Morgan fingerprint density at radius 1 is 1.26 bits per heavy atom. The zero-order valence-electron chi connectivity index (χ0n) is 10.3. The second kappa shape index (κ2) is 5.50. The van der Waals surface area contributed by atoms with Crippen LogP contribution in [-0.4, -0.2) is 37.3 Å². The number of anilines is 1. The zero-order chi connectivity index (χ0) is 12.5. The summed E-state index contributed by atoms with van der Waals surface area (Å²) in [6.45, 7) is 3.31. The van der Waals surface area contributed by atoms with Gasteiger partial charge in [-0.2, -0.15) is 0 Å². The minimum atomic E-state index is -1.01. The summed E-state index contributed by atoms with van der Waals surface area (Å²) in [5.41, 5.74) is 1.34. The number of aromatic carboxylic acids is 1. The van der Waals surface area contributed by atoms with E-state index in [4.69, 9.17) is 4.42 Å². The number of nitrogens with one attached hydrogen (secondary N) is 1. The minimum absolute atomic E-state index is 0. The SMILES string of the molecule is Cl.O=C(O)c1oc2ccccc2c1N1CCNCC1. The van der Waals surface area contributed by atoms with Gasteiger partial charge < -0.3 is 19.7 Å². The second-order valence-corrected chi connectivity index (χ2v) is 4.32. The normalized spacial score (nSPS) is 15.3. The van der Waals surface area contributed by atoms with Gasteiger partial charge in [-0.15, -0.1) is 12.4 Å². The Hall–Kier alpha value is -1.72. The van der Waals surface area contributed by atoms with Crippen LogP contribution in [0.2, 0.25) is 0 Å². The van der Waals surface area contributed by atoms with Crippen LogP contribution in [0.25, 0.3) is 11.0 Å². The predicted octanol–water partition coefficient (Wildman–Crippen LogP) is 1.96. The van der Waals surface area contributed by atoms with Crippen molar-refractivity contribution in [1.82, 2.24) is 5.32 Å². The van der Waals surface area contributed by atoms with Crippen molar-refractivity contribution in [3.05, 3.63) is 30.0 Å². The van der Waals surface area contributed by atoms with E-state index in [9.17, 15) is 9.90 Å². The van der Waals surface area contributed by atoms with Crippen LogP contribution in [0.1, 0.15) is 10.6 Å². The molecule has 0 amide bonds. The number of rotatable bonds is 2. The Morgan fingerprint density at radius 3 is 2.63 bits per heavy atom. The lowest BCUT2D eigenvalue weighted by Crippen LogP contribution is -2.43. The quantitative estimate of drug-likeness (QED) is 0.881. The van der Waals surface area contributed by atoms with Crippen molar-refractivity contribution < 1.29 is 14.3 Å². The number of hydrogen-bond donors (Lipinski definition) is 2. The lowest BCUT2D eigenvalue weighted by atomic mass is 10.2. The van der Waals surface area contributed by atoms with Crippen LogP contribution in [0, 0.1) is 0 Å². The molecule has 2 aromatic rings. The summed E-state index contributed by atoms with van der Waals surface area (Å²) in [5.74, 6) is -0.974. The van der Waals surface area contributed by atoms with Crippen LogP contribution in [0.15, 0.2) is 28.7 Å². The van der Waals surface area contributed by atoms with Gasteiger partial charge in [-0.25, -0.2) is 4.79 Å². The lowest BCUT2D eigenvalue weighted by Gasteiger charge is -2.28. The fourth-order valence-corrected chi connectivity index (χ4v) is 2.38. The third-order valence-corrected chi connectivity index (χ3v) is 3.20. The molecule has 1 saturated heterocycles. The number of carboxylic acids is 1. The number of halogens is 1. The van der Waals surface area contributed by atoms with E-state index in [1.165, 1.54) is 0 Å². The van der Waals surface area contributed by atoms with Crippen LogP contribution in [0.4, 0.5) is 5.69 Å². The molecular weight excluding hydrogens is 268 g/mol. The molecule has 0 spiro atoms. The topological polar surface area (TPSA) is 65.7 Å². The summed E-state index contributed by atoms with van der Waals surface area (Å²) in [4.78, 5) is 13.4. The van der Waals surface area contributed by atoms with Gasteiger partial charge in [0.05, 0.1) is 5.69 Å². The largest absolute Gasteiger partial charge is 0.475 e. The number of nitrogens with zero attached hydrogens (tertiary/aromatic N) is 1. The lowest BCUT2D eigenvalue weighted by molar-refractivity contribution is 0.0666. The van der Waals surface area contributed by atoms with E-state index in [2.05, 4.69) is 10.2 Å². The first-order valence-electron chi connectivity index (χ1n) is 5.98. The van der Waals surface area contributed by atoms with Crippen molar-refractivity contribution >= 4 is 35.0 Å². The molecule has 0 saturated carbocycles. The Morgan fingerprint density at radius 2 is 1.95 bits per heavy atom. The van der Waals surface area contributed by atoms with E-state index in [0.29, 0.717) is 11.3 Å². The van der Waals surface area contributed by atoms with Crippen molar-refractivity contribution in [1.29, 1.82) is 0 Å². The molecule has 0 bridgehead atoms. The van der Waals surface area contributed by atoms with Crippen molar-refractivity contribution in [2.24, 2.45) is 0 Å². The highest BCUT2D eigenvalue weighted by molar-refractivity contribution is 6.03. The summed E-state index contributed by atoms with van der Waals surface area (Å²) in [5, 5.41) is 13.4. The zero-order valence-corrected chi connectivity index (χ0v) is 11.1. The van der Waals surface area contributed by atoms with Crippen molar-refractivity contribution in [2.75, 3.05) is 31.1 Å². The van der Waals surface area contributed by atoms with Crippen molar-refractivity contribution in [2.45, 2.75) is 0 Å². The number of benzene rings is 1. The molecule has 1 aliphatic rings. The average molecular weight is 283 g/mol. The number of piperazine rings is 1. The molecule has 0 radical (unpaired) electrons. The number of hydrogen-bond acceptors (Lipinski definition) is 4. The maximum absolute atomic E-state index is 11.3. The molecule has 1 aliphatic heterocycles. The molecule has 0 atom stereocenters. The smallest absolute Gasteiger partial charge is 0.374 e. The summed E-state index contributed by atoms with van der Waals surface area (Å²) in [6.07, 6.45) is 0. The summed E-state index contributed by atoms with van der Waals surface area (Å²) in [7, 11) is 0. The number of fused-ring (bicyclic) bond motifs is 1. The fraction of sp³-hybridized carbons (Fsp3) is 0.308. The van der Waals surface area contributed by atoms with E-state index < -0.39 is 5.97 Å². The van der Waals surface area contributed by atoms with E-state index in [1.54, 1.807) is 6.07 Å². The van der Waals surface area contributed by atoms with Crippen molar-refractivity contribution in [3.8, 4) is 0 Å². The molecule has 2 N–H and O–H groups in total. The van der Waals surface area contributed by atoms with Gasteiger partial charge >= 0.3 is 5.97 Å². The molecule has 6 heteroatoms. The molecule has 1 aromatic heterocycles. The molecule has 0 unspecified atom stereocenters. The van der Waals surface area contributed by atoms with Crippen LogP contribution in [0.5, 0.6) is 0 Å². The summed E-state index contributed by atoms with van der Waals surface area (Å²) >= 11 is 0. The van der Waals surface area contributed by atoms with Gasteiger partial charge in [0.2, 0.25) is 5.76 Å². The van der Waals surface area contributed by atoms with Crippen LogP contribution >= 0.6 is 12.4 Å². The summed E-state index contributed by atoms with van der Waals surface area (Å²) in [6, 6.07) is 7.45. The Labute approximate surface area is 116 Å². The predicted molar refractivity (Wildman–Crippen MR) is 75.5 cm³/mol. The molecule has 3 rings (SSSR count). The van der Waals surface area contributed by atoms with E-state index >= 15 is 0 Å². The third-order valence-electron chi connectivity index (χ3n) is 3.20. The van der Waals surface area contributed by atoms with E-state index in [-0.39, 0.29) is 18.2 Å². The van der Waals surface area contributed by atoms with Crippen LogP contribution in [0.3, 0.4) is 0 Å². The molecule has 2 heterocycles. The highest BCUT2D eigenvalue weighted by Gasteiger charge is 2.25. The minimum Gasteiger partial charge on any atom is -0.475 e. The van der Waals surface area contributed by atoms with Crippen LogP contribution in [-0.2, 0) is 0 Å². The molecule has 0 aliphatic carbocycles. The number of carboxylic acid groups (broad SMARTS) is 1. The van der Waals surface area contributed by atoms with E-state index in [0.717, 1.165) is 31.6 Å². The van der Waals surface area contributed by atoms with Gasteiger partial charge in [0.1, 0.15) is 5.58 Å². The van der Waals surface area contributed by atoms with Crippen LogP contribution < -0.4 is 10.2 Å². The maximum atomic E-state index is 11.3. The molecular formula is C13H15ClN2O3. The Bertz CT molecular complexity index is 591. The first-order valence-corrected chi connectivity index (χ1v) is 5.98. The van der Waals surface area contributed by atoms with Gasteiger partial charge in [-0.3, -0.25) is 0 Å². The average Bonchev–Trinajstić information content (AvgIpc) is 2.79. The highest BCUT2D eigenvalue weighted by Crippen LogP contribution is 2.34. The first-order chi connectivity index (χ1) is 8.77. The standard InChI is InChI=1S/C13H14N2O3.ClH/c16-13(17)12-11(15-7-5-14-6-8-15)9-3-1-2-4-10(9)18-12;/h1-4,14H,5-8H2,(H,16,17);1H.